The molecule has 7 heteroatoms. The summed E-state index contributed by atoms with van der Waals surface area (Å²) in [5.41, 5.74) is -1.68. The number of carbonyl (C=O) groups excluding carboxylic acids is 1. The Labute approximate surface area is 97.6 Å². The Bertz CT molecular complexity index is 440. The first-order valence-corrected chi connectivity index (χ1v) is 5.19. The van der Waals surface area contributed by atoms with Crippen molar-refractivity contribution >= 4 is 11.8 Å². The molecule has 17 heavy (non-hydrogen) atoms. The van der Waals surface area contributed by atoms with Crippen molar-refractivity contribution in [1.82, 2.24) is 10.1 Å². The van der Waals surface area contributed by atoms with E-state index in [0.717, 1.165) is 4.90 Å². The molecule has 2 rings (SSSR count). The molecule has 6 nitrogen and oxygen atoms in total. The van der Waals surface area contributed by atoms with Crippen LogP contribution in [0.1, 0.15) is 19.6 Å². The van der Waals surface area contributed by atoms with Crippen molar-refractivity contribution in [3.05, 3.63) is 11.8 Å². The van der Waals surface area contributed by atoms with Crippen LogP contribution >= 0.6 is 0 Å². The third kappa shape index (κ3) is 1.97. The predicted molar refractivity (Wildman–Crippen MR) is 57.1 cm³/mol. The molecule has 0 aromatic carbocycles. The number of urea groups is 1. The number of carbonyl (C=O) groups is 1. The number of amides is 2. The van der Waals surface area contributed by atoms with Crippen LogP contribution in [0.3, 0.4) is 0 Å². The topological polar surface area (TPSA) is 69.8 Å². The van der Waals surface area contributed by atoms with Crippen molar-refractivity contribution < 1.29 is 18.8 Å². The molecule has 1 atom stereocenters. The number of nitrogens with zero attached hydrogens (tertiary/aromatic N) is 3. The van der Waals surface area contributed by atoms with Gasteiger partial charge in [-0.3, -0.25) is 0 Å². The van der Waals surface area contributed by atoms with Gasteiger partial charge in [0, 0.05) is 13.1 Å². The van der Waals surface area contributed by atoms with Crippen LogP contribution in [0.15, 0.2) is 10.6 Å². The molecule has 1 fully saturated rings. The second-order valence-electron chi connectivity index (χ2n) is 4.54. The summed E-state index contributed by atoms with van der Waals surface area (Å²) in [6.45, 7) is 2.83. The molecule has 1 aromatic heterocycles. The molecule has 0 aliphatic carbocycles. The van der Waals surface area contributed by atoms with Crippen molar-refractivity contribution in [1.29, 1.82) is 0 Å². The van der Waals surface area contributed by atoms with Gasteiger partial charge in [0.15, 0.2) is 23.5 Å². The van der Waals surface area contributed by atoms with Crippen LogP contribution in [-0.2, 0) is 5.67 Å². The van der Waals surface area contributed by atoms with Gasteiger partial charge in [-0.2, -0.15) is 0 Å². The fourth-order valence-corrected chi connectivity index (χ4v) is 1.63. The fraction of sp³-hybridized carbons (Fsp3) is 0.600. The fourth-order valence-electron chi connectivity index (χ4n) is 1.63. The zero-order valence-electron chi connectivity index (χ0n) is 9.85. The summed E-state index contributed by atoms with van der Waals surface area (Å²) in [5, 5.41) is 13.3. The second-order valence-corrected chi connectivity index (χ2v) is 4.54. The summed E-state index contributed by atoms with van der Waals surface area (Å²) in [5.74, 6) is 0.134. The maximum absolute atomic E-state index is 13.6. The van der Waals surface area contributed by atoms with Gasteiger partial charge in [0.2, 0.25) is 0 Å². The average molecular weight is 243 g/mol. The number of β-amino-alcohol motifs (C(OH)–C–C–N with tert-alkyl or cyclic N) is 1. The first kappa shape index (κ1) is 11.8. The SMILES string of the molecule is CN1CC(O)N(c2cc(C(C)(C)F)on2)C1=O. The van der Waals surface area contributed by atoms with Gasteiger partial charge in [0.25, 0.3) is 0 Å². The monoisotopic (exact) mass is 243 g/mol. The van der Waals surface area contributed by atoms with Crippen LogP contribution in [0.2, 0.25) is 0 Å². The molecule has 2 heterocycles. The molecule has 1 saturated heterocycles. The van der Waals surface area contributed by atoms with E-state index < -0.39 is 17.9 Å². The molecule has 0 bridgehead atoms. The van der Waals surface area contributed by atoms with E-state index in [0.29, 0.717) is 0 Å². The Morgan fingerprint density at radius 3 is 2.71 bits per heavy atom. The van der Waals surface area contributed by atoms with E-state index in [1.165, 1.54) is 24.8 Å². The highest BCUT2D eigenvalue weighted by Gasteiger charge is 2.38. The van der Waals surface area contributed by atoms with E-state index in [-0.39, 0.29) is 18.1 Å². The maximum Gasteiger partial charge on any atom is 0.327 e. The Hall–Kier alpha value is -1.63. The minimum absolute atomic E-state index is 0.0158. The molecule has 0 saturated carbocycles. The Morgan fingerprint density at radius 2 is 2.29 bits per heavy atom. The summed E-state index contributed by atoms with van der Waals surface area (Å²) < 4.78 is 18.4. The molecular formula is C10H14FN3O3. The number of halogens is 1. The lowest BCUT2D eigenvalue weighted by Gasteiger charge is -2.14. The Morgan fingerprint density at radius 1 is 1.65 bits per heavy atom. The molecule has 1 aliphatic rings. The first-order valence-electron chi connectivity index (χ1n) is 5.19. The van der Waals surface area contributed by atoms with Gasteiger partial charge in [0.05, 0.1) is 6.54 Å². The lowest BCUT2D eigenvalue weighted by molar-refractivity contribution is 0.162. The highest BCUT2D eigenvalue weighted by molar-refractivity contribution is 5.93. The molecule has 0 radical (unpaired) electrons. The Balaban J connectivity index is 2.29. The number of aliphatic hydroxyl groups excluding tert-OH is 1. The van der Waals surface area contributed by atoms with E-state index in [2.05, 4.69) is 5.16 Å². The van der Waals surface area contributed by atoms with E-state index in [4.69, 9.17) is 4.52 Å². The molecule has 1 aromatic rings. The largest absolute Gasteiger partial charge is 0.371 e. The molecule has 0 spiro atoms. The van der Waals surface area contributed by atoms with E-state index in [1.807, 2.05) is 0 Å². The van der Waals surface area contributed by atoms with Crippen LogP contribution in [0, 0.1) is 0 Å². The van der Waals surface area contributed by atoms with Crippen LogP contribution in [0.4, 0.5) is 15.0 Å². The summed E-state index contributed by atoms with van der Waals surface area (Å²) in [7, 11) is 1.56. The van der Waals surface area contributed by atoms with Gasteiger partial charge in [-0.25, -0.2) is 14.1 Å². The summed E-state index contributed by atoms with van der Waals surface area (Å²) in [4.78, 5) is 14.1. The predicted octanol–water partition coefficient (Wildman–Crippen LogP) is 1.07. The zero-order chi connectivity index (χ0) is 12.8. The number of rotatable bonds is 2. The van der Waals surface area contributed by atoms with Gasteiger partial charge in [-0.15, -0.1) is 0 Å². The van der Waals surface area contributed by atoms with Gasteiger partial charge in [0.1, 0.15) is 0 Å². The standard InChI is InChI=1S/C10H14FN3O3/c1-10(2,11)6-4-7(12-17-6)14-8(15)5-13(3)9(14)16/h4,8,15H,5H2,1-3H3. The zero-order valence-corrected chi connectivity index (χ0v) is 9.85. The number of aliphatic hydroxyl groups is 1. The maximum atomic E-state index is 13.6. The molecule has 1 aliphatic heterocycles. The third-order valence-electron chi connectivity index (χ3n) is 2.60. The van der Waals surface area contributed by atoms with Crippen LogP contribution < -0.4 is 4.90 Å². The first-order chi connectivity index (χ1) is 7.80. The van der Waals surface area contributed by atoms with Crippen molar-refractivity contribution in [3.8, 4) is 0 Å². The number of anilines is 1. The van der Waals surface area contributed by atoms with Crippen molar-refractivity contribution in [2.24, 2.45) is 0 Å². The molecule has 1 N–H and O–H groups in total. The number of aromatic nitrogens is 1. The molecule has 2 amide bonds. The second kappa shape index (κ2) is 3.69. The average Bonchev–Trinajstić information content (AvgIpc) is 2.73. The summed E-state index contributed by atoms with van der Waals surface area (Å²) >= 11 is 0. The number of likely N-dealkylation sites (N-methyl/N-ethyl adjacent to an activating group) is 1. The number of alkyl halides is 1. The van der Waals surface area contributed by atoms with Gasteiger partial charge >= 0.3 is 6.03 Å². The van der Waals surface area contributed by atoms with Crippen LogP contribution in [-0.4, -0.2) is 41.0 Å². The van der Waals surface area contributed by atoms with Crippen LogP contribution in [0.25, 0.3) is 0 Å². The molecule has 94 valence electrons. The van der Waals surface area contributed by atoms with E-state index in [1.54, 1.807) is 7.05 Å². The minimum atomic E-state index is -1.68. The number of hydrogen-bond donors (Lipinski definition) is 1. The highest BCUT2D eigenvalue weighted by atomic mass is 19.1. The summed E-state index contributed by atoms with van der Waals surface area (Å²) in [6, 6.07) is 0.925. The van der Waals surface area contributed by atoms with Gasteiger partial charge in [-0.05, 0) is 13.8 Å². The number of hydrogen-bond acceptors (Lipinski definition) is 4. The summed E-state index contributed by atoms with van der Waals surface area (Å²) in [6.07, 6.45) is -0.992. The van der Waals surface area contributed by atoms with Crippen molar-refractivity contribution in [2.45, 2.75) is 25.7 Å². The van der Waals surface area contributed by atoms with E-state index >= 15 is 0 Å². The van der Waals surface area contributed by atoms with Gasteiger partial charge < -0.3 is 14.5 Å². The molecular weight excluding hydrogens is 229 g/mol. The minimum Gasteiger partial charge on any atom is -0.371 e. The van der Waals surface area contributed by atoms with Crippen LogP contribution in [0.5, 0.6) is 0 Å². The van der Waals surface area contributed by atoms with Crippen molar-refractivity contribution in [3.63, 3.8) is 0 Å². The quantitative estimate of drug-likeness (QED) is 0.843. The molecule has 1 unspecified atom stereocenters. The van der Waals surface area contributed by atoms with E-state index in [9.17, 15) is 14.3 Å². The Kier molecular flexibility index (Phi) is 2.57. The third-order valence-corrected chi connectivity index (χ3v) is 2.60. The smallest absolute Gasteiger partial charge is 0.327 e. The highest BCUT2D eigenvalue weighted by Crippen LogP contribution is 2.29. The van der Waals surface area contributed by atoms with Gasteiger partial charge in [-0.1, -0.05) is 5.16 Å². The lowest BCUT2D eigenvalue weighted by Crippen LogP contribution is -2.34. The van der Waals surface area contributed by atoms with Crippen molar-refractivity contribution in [2.75, 3.05) is 18.5 Å². The lowest BCUT2D eigenvalue weighted by atomic mass is 10.1. The normalized spacial score (nSPS) is 21.5.